The lowest BCUT2D eigenvalue weighted by Gasteiger charge is -2.09. The van der Waals surface area contributed by atoms with E-state index in [4.69, 9.17) is 0 Å². The summed E-state index contributed by atoms with van der Waals surface area (Å²) in [7, 11) is 3.40. The van der Waals surface area contributed by atoms with E-state index in [1.54, 1.807) is 36.8 Å². The summed E-state index contributed by atoms with van der Waals surface area (Å²) in [4.78, 5) is 29.5. The zero-order chi connectivity index (χ0) is 22.0. The number of rotatable bonds is 8. The minimum atomic E-state index is -0.344. The summed E-state index contributed by atoms with van der Waals surface area (Å²) in [6, 6.07) is 10.2. The van der Waals surface area contributed by atoms with Gasteiger partial charge in [-0.15, -0.1) is 10.2 Å². The van der Waals surface area contributed by atoms with Crippen LogP contribution in [0.2, 0.25) is 0 Å². The summed E-state index contributed by atoms with van der Waals surface area (Å²) in [6.07, 6.45) is 2.95. The van der Waals surface area contributed by atoms with Crippen LogP contribution in [0.3, 0.4) is 0 Å². The molecule has 0 amide bonds. The van der Waals surface area contributed by atoms with Gasteiger partial charge in [0, 0.05) is 39.4 Å². The quantitative estimate of drug-likeness (QED) is 0.307. The van der Waals surface area contributed by atoms with Gasteiger partial charge in [-0.2, -0.15) is 0 Å². The molecule has 31 heavy (non-hydrogen) atoms. The van der Waals surface area contributed by atoms with E-state index in [1.165, 1.54) is 14.7 Å². The van der Waals surface area contributed by atoms with Crippen molar-refractivity contribution >= 4 is 22.9 Å². The lowest BCUT2D eigenvalue weighted by Crippen LogP contribution is -2.39. The molecule has 1 aromatic carbocycles. The van der Waals surface area contributed by atoms with Crippen LogP contribution in [0.25, 0.3) is 11.2 Å². The summed E-state index contributed by atoms with van der Waals surface area (Å²) in [5.41, 5.74) is 1.39. The largest absolute Gasteiger partial charge is 0.332 e. The molecule has 0 atom stereocenters. The number of aromatic nitrogens is 7. The first-order valence-electron chi connectivity index (χ1n) is 10.2. The molecule has 0 saturated carbocycles. The van der Waals surface area contributed by atoms with Gasteiger partial charge in [-0.05, 0) is 18.9 Å². The Kier molecular flexibility index (Phi) is 6.08. The third-order valence-corrected chi connectivity index (χ3v) is 6.33. The summed E-state index contributed by atoms with van der Waals surface area (Å²) in [6.45, 7) is 3.21. The van der Waals surface area contributed by atoms with Crippen LogP contribution in [0, 0.1) is 0 Å². The van der Waals surface area contributed by atoms with Crippen molar-refractivity contribution < 1.29 is 0 Å². The molecule has 3 heterocycles. The number of aryl methyl sites for hydroxylation is 2. The van der Waals surface area contributed by atoms with Crippen molar-refractivity contribution in [1.82, 2.24) is 33.4 Å². The van der Waals surface area contributed by atoms with E-state index in [0.717, 1.165) is 29.7 Å². The van der Waals surface area contributed by atoms with Crippen LogP contribution in [-0.4, -0.2) is 39.2 Å². The van der Waals surface area contributed by atoms with Crippen LogP contribution in [0.1, 0.15) is 24.7 Å². The second kappa shape index (κ2) is 8.93. The van der Waals surface area contributed by atoms with Gasteiger partial charge < -0.3 is 9.13 Å². The Bertz CT molecular complexity index is 1320. The SMILES string of the molecule is CCn1c(Cc2ccccc2)nnc1SCCCn1c(=O)c2c(ncn2C)n(C)c1=O. The van der Waals surface area contributed by atoms with Crippen LogP contribution in [0.15, 0.2) is 51.4 Å². The molecule has 3 aromatic heterocycles. The van der Waals surface area contributed by atoms with Crippen molar-refractivity contribution in [3.63, 3.8) is 0 Å². The Morgan fingerprint density at radius 2 is 1.81 bits per heavy atom. The minimum Gasteiger partial charge on any atom is -0.328 e. The van der Waals surface area contributed by atoms with Crippen molar-refractivity contribution in [3.8, 4) is 0 Å². The van der Waals surface area contributed by atoms with Crippen LogP contribution in [0.5, 0.6) is 0 Å². The second-order valence-electron chi connectivity index (χ2n) is 7.33. The van der Waals surface area contributed by atoms with Gasteiger partial charge in [-0.3, -0.25) is 13.9 Å². The molecular weight excluding hydrogens is 414 g/mol. The third-order valence-electron chi connectivity index (χ3n) is 5.27. The first-order chi connectivity index (χ1) is 15.0. The summed E-state index contributed by atoms with van der Waals surface area (Å²) < 4.78 is 6.48. The molecule has 4 aromatic rings. The van der Waals surface area contributed by atoms with Crippen LogP contribution >= 0.6 is 11.8 Å². The lowest BCUT2D eigenvalue weighted by molar-refractivity contribution is 0.593. The number of hydrogen-bond acceptors (Lipinski definition) is 6. The van der Waals surface area contributed by atoms with Crippen molar-refractivity contribution in [2.24, 2.45) is 14.1 Å². The molecule has 10 heteroatoms. The molecule has 0 unspecified atom stereocenters. The van der Waals surface area contributed by atoms with E-state index in [1.807, 2.05) is 18.2 Å². The Morgan fingerprint density at radius 3 is 2.55 bits per heavy atom. The Hall–Kier alpha value is -3.14. The highest BCUT2D eigenvalue weighted by Gasteiger charge is 2.15. The van der Waals surface area contributed by atoms with Crippen LogP contribution in [0.4, 0.5) is 0 Å². The molecule has 0 radical (unpaired) electrons. The normalized spacial score (nSPS) is 11.5. The highest BCUT2D eigenvalue weighted by molar-refractivity contribution is 7.99. The predicted octanol–water partition coefficient (Wildman–Crippen LogP) is 1.82. The number of fused-ring (bicyclic) bond motifs is 1. The average molecular weight is 440 g/mol. The summed E-state index contributed by atoms with van der Waals surface area (Å²) in [5, 5.41) is 9.58. The van der Waals surface area contributed by atoms with Gasteiger partial charge in [0.15, 0.2) is 16.3 Å². The van der Waals surface area contributed by atoms with Gasteiger partial charge in [0.25, 0.3) is 5.56 Å². The van der Waals surface area contributed by atoms with Gasteiger partial charge in [-0.25, -0.2) is 9.78 Å². The highest BCUT2D eigenvalue weighted by atomic mass is 32.2. The van der Waals surface area contributed by atoms with Crippen molar-refractivity contribution in [3.05, 3.63) is 68.9 Å². The maximum Gasteiger partial charge on any atom is 0.332 e. The first-order valence-corrected chi connectivity index (χ1v) is 11.2. The smallest absolute Gasteiger partial charge is 0.328 e. The molecule has 9 nitrogen and oxygen atoms in total. The van der Waals surface area contributed by atoms with Gasteiger partial charge in [0.05, 0.1) is 6.33 Å². The number of benzene rings is 1. The fraction of sp³-hybridized carbons (Fsp3) is 0.381. The standard InChI is InChI=1S/C21H25N7O2S/c1-4-27-16(13-15-9-6-5-7-10-15)23-24-20(27)31-12-8-11-28-19(29)17-18(22-14-25(17)2)26(3)21(28)30/h5-7,9-10,14H,4,8,11-13H2,1-3H3. The van der Waals surface area contributed by atoms with E-state index in [2.05, 4.69) is 38.8 Å². The van der Waals surface area contributed by atoms with Gasteiger partial charge in [0.2, 0.25) is 0 Å². The molecule has 0 N–H and O–H groups in total. The zero-order valence-corrected chi connectivity index (χ0v) is 18.7. The zero-order valence-electron chi connectivity index (χ0n) is 17.9. The number of thioether (sulfide) groups is 1. The van der Waals surface area contributed by atoms with E-state index in [0.29, 0.717) is 24.1 Å². The molecule has 162 valence electrons. The fourth-order valence-corrected chi connectivity index (χ4v) is 4.58. The third kappa shape index (κ3) is 4.07. The Balaban J connectivity index is 1.45. The minimum absolute atomic E-state index is 0.301. The number of imidazole rings is 1. The molecule has 0 aliphatic carbocycles. The number of nitrogens with zero attached hydrogens (tertiary/aromatic N) is 7. The van der Waals surface area contributed by atoms with Crippen molar-refractivity contribution in [2.75, 3.05) is 5.75 Å². The molecule has 0 aliphatic rings. The average Bonchev–Trinajstić information content (AvgIpc) is 3.35. The van der Waals surface area contributed by atoms with E-state index >= 15 is 0 Å². The molecule has 0 saturated heterocycles. The van der Waals surface area contributed by atoms with E-state index < -0.39 is 0 Å². The first kappa shape index (κ1) is 21.1. The van der Waals surface area contributed by atoms with Gasteiger partial charge in [0.1, 0.15) is 5.82 Å². The van der Waals surface area contributed by atoms with E-state index in [-0.39, 0.29) is 11.2 Å². The maximum atomic E-state index is 12.8. The van der Waals surface area contributed by atoms with Crippen molar-refractivity contribution in [1.29, 1.82) is 0 Å². The molecule has 4 rings (SSSR count). The van der Waals surface area contributed by atoms with Gasteiger partial charge >= 0.3 is 5.69 Å². The molecular formula is C21H25N7O2S. The van der Waals surface area contributed by atoms with Gasteiger partial charge in [-0.1, -0.05) is 42.1 Å². The highest BCUT2D eigenvalue weighted by Crippen LogP contribution is 2.19. The number of hydrogen-bond donors (Lipinski definition) is 0. The summed E-state index contributed by atoms with van der Waals surface area (Å²) in [5.74, 6) is 1.66. The molecule has 0 spiro atoms. The van der Waals surface area contributed by atoms with E-state index in [9.17, 15) is 9.59 Å². The Morgan fingerprint density at radius 1 is 1.03 bits per heavy atom. The predicted molar refractivity (Wildman–Crippen MR) is 121 cm³/mol. The molecule has 0 aliphatic heterocycles. The topological polar surface area (TPSA) is 92.5 Å². The maximum absolute atomic E-state index is 12.8. The lowest BCUT2D eigenvalue weighted by atomic mass is 10.1. The molecule has 0 bridgehead atoms. The monoisotopic (exact) mass is 439 g/mol. The van der Waals surface area contributed by atoms with Crippen molar-refractivity contribution in [2.45, 2.75) is 38.0 Å². The fourth-order valence-electron chi connectivity index (χ4n) is 3.63. The second-order valence-corrected chi connectivity index (χ2v) is 8.40. The van der Waals surface area contributed by atoms with Crippen LogP contribution in [-0.2, 0) is 33.6 Å². The Labute approximate surface area is 183 Å². The van der Waals surface area contributed by atoms with Crippen LogP contribution < -0.4 is 11.2 Å². The summed E-state index contributed by atoms with van der Waals surface area (Å²) >= 11 is 1.59. The molecule has 0 fully saturated rings.